The number of hydrogen-bond donors (Lipinski definition) is 2. The van der Waals surface area contributed by atoms with Gasteiger partial charge in [-0.2, -0.15) is 0 Å². The van der Waals surface area contributed by atoms with E-state index in [-0.39, 0.29) is 5.75 Å². The summed E-state index contributed by atoms with van der Waals surface area (Å²) in [5, 5.41) is 4.43. The second-order valence-corrected chi connectivity index (χ2v) is 8.75. The minimum atomic E-state index is -3.03. The van der Waals surface area contributed by atoms with Crippen LogP contribution in [0.25, 0.3) is 22.1 Å². The molecule has 4 heterocycles. The summed E-state index contributed by atoms with van der Waals surface area (Å²) in [4.78, 5) is 12.3. The molecular formula is C16H21N5O2S. The highest BCUT2D eigenvalue weighted by molar-refractivity contribution is 7.90. The van der Waals surface area contributed by atoms with Gasteiger partial charge < -0.3 is 14.9 Å². The van der Waals surface area contributed by atoms with Crippen LogP contribution >= 0.6 is 0 Å². The molecule has 0 atom stereocenters. The number of imidazole rings is 1. The van der Waals surface area contributed by atoms with Crippen LogP contribution in [0.4, 0.5) is 0 Å². The Morgan fingerprint density at radius 3 is 2.88 bits per heavy atom. The maximum Gasteiger partial charge on any atom is 0.147 e. The Kier molecular flexibility index (Phi) is 3.80. The third-order valence-corrected chi connectivity index (χ3v) is 5.62. The van der Waals surface area contributed by atoms with Crippen LogP contribution < -0.4 is 5.32 Å². The van der Waals surface area contributed by atoms with Crippen LogP contribution in [0.3, 0.4) is 0 Å². The van der Waals surface area contributed by atoms with E-state index in [9.17, 15) is 8.42 Å². The number of aromatic amines is 1. The summed E-state index contributed by atoms with van der Waals surface area (Å²) in [7, 11) is -3.03. The minimum Gasteiger partial charge on any atom is -0.346 e. The van der Waals surface area contributed by atoms with Crippen molar-refractivity contribution in [1.82, 2.24) is 24.8 Å². The molecule has 3 aromatic rings. The Balaban J connectivity index is 1.89. The summed E-state index contributed by atoms with van der Waals surface area (Å²) in [6.45, 7) is 1.94. The second kappa shape index (κ2) is 5.86. The Morgan fingerprint density at radius 2 is 2.12 bits per heavy atom. The van der Waals surface area contributed by atoms with Gasteiger partial charge in [0.15, 0.2) is 0 Å². The molecule has 0 spiro atoms. The SMILES string of the molecule is CS(=O)(=O)CCc1nc2cnc3[nH]ccc3c2n1C1CCNCC1. The zero-order chi connectivity index (χ0) is 16.7. The molecule has 0 unspecified atom stereocenters. The molecule has 1 fully saturated rings. The van der Waals surface area contributed by atoms with Crippen molar-refractivity contribution in [3.05, 3.63) is 24.3 Å². The number of nitrogens with zero attached hydrogens (tertiary/aromatic N) is 3. The van der Waals surface area contributed by atoms with Crippen molar-refractivity contribution in [2.75, 3.05) is 25.1 Å². The zero-order valence-electron chi connectivity index (χ0n) is 13.6. The van der Waals surface area contributed by atoms with E-state index in [1.807, 2.05) is 12.3 Å². The van der Waals surface area contributed by atoms with E-state index in [1.54, 1.807) is 6.20 Å². The van der Waals surface area contributed by atoms with Crippen LogP contribution in [-0.4, -0.2) is 53.0 Å². The molecule has 0 amide bonds. The number of fused-ring (bicyclic) bond motifs is 3. The first-order chi connectivity index (χ1) is 11.5. The molecule has 2 N–H and O–H groups in total. The number of nitrogens with one attached hydrogen (secondary N) is 2. The molecule has 7 nitrogen and oxygen atoms in total. The fourth-order valence-corrected chi connectivity index (χ4v) is 4.10. The minimum absolute atomic E-state index is 0.116. The van der Waals surface area contributed by atoms with E-state index in [2.05, 4.69) is 19.9 Å². The van der Waals surface area contributed by atoms with Crippen LogP contribution in [0.1, 0.15) is 24.7 Å². The number of sulfone groups is 1. The molecule has 24 heavy (non-hydrogen) atoms. The lowest BCUT2D eigenvalue weighted by molar-refractivity contribution is 0.368. The van der Waals surface area contributed by atoms with Crippen molar-refractivity contribution >= 4 is 31.9 Å². The van der Waals surface area contributed by atoms with Crippen LogP contribution in [0.2, 0.25) is 0 Å². The smallest absolute Gasteiger partial charge is 0.147 e. The molecule has 0 saturated carbocycles. The van der Waals surface area contributed by atoms with E-state index in [4.69, 9.17) is 4.98 Å². The molecule has 1 saturated heterocycles. The van der Waals surface area contributed by atoms with Gasteiger partial charge in [0.05, 0.1) is 17.5 Å². The van der Waals surface area contributed by atoms with Gasteiger partial charge in [-0.15, -0.1) is 0 Å². The van der Waals surface area contributed by atoms with Crippen molar-refractivity contribution in [1.29, 1.82) is 0 Å². The first kappa shape index (κ1) is 15.6. The maximum atomic E-state index is 11.6. The monoisotopic (exact) mass is 347 g/mol. The summed E-state index contributed by atoms with van der Waals surface area (Å²) in [6, 6.07) is 2.36. The maximum absolute atomic E-state index is 11.6. The predicted octanol–water partition coefficient (Wildman–Crippen LogP) is 1.42. The summed E-state index contributed by atoms with van der Waals surface area (Å²) < 4.78 is 25.5. The highest BCUT2D eigenvalue weighted by Crippen LogP contribution is 2.31. The van der Waals surface area contributed by atoms with Gasteiger partial charge >= 0.3 is 0 Å². The van der Waals surface area contributed by atoms with Gasteiger partial charge in [-0.3, -0.25) is 0 Å². The number of aryl methyl sites for hydroxylation is 1. The highest BCUT2D eigenvalue weighted by Gasteiger charge is 2.23. The molecule has 0 bridgehead atoms. The molecule has 1 aliphatic heterocycles. The van der Waals surface area contributed by atoms with Gasteiger partial charge in [0.2, 0.25) is 0 Å². The fourth-order valence-electron chi connectivity index (χ4n) is 3.55. The predicted molar refractivity (Wildman–Crippen MR) is 93.9 cm³/mol. The molecular weight excluding hydrogens is 326 g/mol. The Labute approximate surface area is 140 Å². The average Bonchev–Trinajstić information content (AvgIpc) is 3.16. The number of H-pyrrole nitrogens is 1. The highest BCUT2D eigenvalue weighted by atomic mass is 32.2. The Hall–Kier alpha value is -1.93. The molecule has 8 heteroatoms. The van der Waals surface area contributed by atoms with Gasteiger partial charge in [-0.25, -0.2) is 18.4 Å². The summed E-state index contributed by atoms with van der Waals surface area (Å²) in [5.74, 6) is 0.961. The van der Waals surface area contributed by atoms with Crippen LogP contribution in [-0.2, 0) is 16.3 Å². The third kappa shape index (κ3) is 2.80. The van der Waals surface area contributed by atoms with Crippen molar-refractivity contribution in [3.63, 3.8) is 0 Å². The molecule has 4 rings (SSSR count). The standard InChI is InChI=1S/C16H21N5O2S/c1-24(22,23)9-5-14-20-13-10-19-16-12(4-8-18-16)15(13)21(14)11-2-6-17-7-3-11/h4,8,10-11,17H,2-3,5-7,9H2,1H3,(H,18,19). The molecule has 1 aliphatic rings. The first-order valence-corrected chi connectivity index (χ1v) is 10.3. The lowest BCUT2D eigenvalue weighted by Crippen LogP contribution is -2.30. The van der Waals surface area contributed by atoms with Crippen molar-refractivity contribution in [2.45, 2.75) is 25.3 Å². The van der Waals surface area contributed by atoms with E-state index < -0.39 is 9.84 Å². The second-order valence-electron chi connectivity index (χ2n) is 6.49. The van der Waals surface area contributed by atoms with Crippen molar-refractivity contribution in [2.24, 2.45) is 0 Å². The number of pyridine rings is 1. The average molecular weight is 347 g/mol. The third-order valence-electron chi connectivity index (χ3n) is 4.68. The lowest BCUT2D eigenvalue weighted by Gasteiger charge is -2.26. The molecule has 0 aromatic carbocycles. The van der Waals surface area contributed by atoms with E-state index >= 15 is 0 Å². The fraction of sp³-hybridized carbons (Fsp3) is 0.500. The molecule has 0 radical (unpaired) electrons. The van der Waals surface area contributed by atoms with Crippen LogP contribution in [0.15, 0.2) is 18.5 Å². The van der Waals surface area contributed by atoms with Crippen LogP contribution in [0.5, 0.6) is 0 Å². The molecule has 128 valence electrons. The van der Waals surface area contributed by atoms with E-state index in [0.29, 0.717) is 12.5 Å². The topological polar surface area (TPSA) is 92.7 Å². The number of aromatic nitrogens is 4. The van der Waals surface area contributed by atoms with E-state index in [1.165, 1.54) is 6.26 Å². The molecule has 0 aliphatic carbocycles. The number of rotatable bonds is 4. The van der Waals surface area contributed by atoms with Gasteiger partial charge in [0, 0.05) is 30.3 Å². The van der Waals surface area contributed by atoms with Crippen molar-refractivity contribution < 1.29 is 8.42 Å². The lowest BCUT2D eigenvalue weighted by atomic mass is 10.1. The van der Waals surface area contributed by atoms with Gasteiger partial charge in [0.1, 0.15) is 26.8 Å². The normalized spacial score (nSPS) is 17.0. The van der Waals surface area contributed by atoms with Gasteiger partial charge in [-0.05, 0) is 32.0 Å². The van der Waals surface area contributed by atoms with Crippen molar-refractivity contribution in [3.8, 4) is 0 Å². The zero-order valence-corrected chi connectivity index (χ0v) is 14.4. The van der Waals surface area contributed by atoms with Crippen LogP contribution in [0, 0.1) is 0 Å². The summed E-state index contributed by atoms with van der Waals surface area (Å²) in [5.41, 5.74) is 2.74. The summed E-state index contributed by atoms with van der Waals surface area (Å²) in [6.07, 6.45) is 7.40. The molecule has 3 aromatic heterocycles. The Bertz CT molecular complexity index is 983. The largest absolute Gasteiger partial charge is 0.346 e. The Morgan fingerprint density at radius 1 is 1.33 bits per heavy atom. The number of hydrogen-bond acceptors (Lipinski definition) is 5. The number of piperidine rings is 1. The van der Waals surface area contributed by atoms with Gasteiger partial charge in [0.25, 0.3) is 0 Å². The van der Waals surface area contributed by atoms with Gasteiger partial charge in [-0.1, -0.05) is 0 Å². The summed E-state index contributed by atoms with van der Waals surface area (Å²) >= 11 is 0. The first-order valence-electron chi connectivity index (χ1n) is 8.24. The quantitative estimate of drug-likeness (QED) is 0.745. The van der Waals surface area contributed by atoms with E-state index in [0.717, 1.165) is 53.8 Å².